The molecule has 2 aromatic heterocycles. The van der Waals surface area contributed by atoms with Gasteiger partial charge in [0.25, 0.3) is 11.6 Å². The third-order valence-corrected chi connectivity index (χ3v) is 6.71. The number of tetrazole rings is 1. The summed E-state index contributed by atoms with van der Waals surface area (Å²) < 4.78 is 1.65. The van der Waals surface area contributed by atoms with Gasteiger partial charge in [0.1, 0.15) is 10.6 Å². The quantitative estimate of drug-likeness (QED) is 0.256. The van der Waals surface area contributed by atoms with Crippen LogP contribution in [-0.4, -0.2) is 41.2 Å². The standard InChI is InChI=1S/C25H20N8O3S/c1-2-22-29-32(25(37-22)26-24(34)20-9-5-6-10-21(20)33(35)36)15-16-11-13-17(14-12-16)18-7-3-4-8-19(18)23-27-30-31-28-23/h3-14H,2,15H2,1H3,(H,27,28,30,31). The van der Waals surface area contributed by atoms with E-state index in [1.807, 2.05) is 55.5 Å². The molecular weight excluding hydrogens is 492 g/mol. The van der Waals surface area contributed by atoms with Gasteiger partial charge >= 0.3 is 0 Å². The number of hydrogen-bond donors (Lipinski definition) is 1. The molecule has 12 heteroatoms. The minimum atomic E-state index is -0.679. The van der Waals surface area contributed by atoms with Gasteiger partial charge in [-0.1, -0.05) is 78.9 Å². The lowest BCUT2D eigenvalue weighted by Crippen LogP contribution is -2.19. The SMILES string of the molecule is CCc1nn(Cc2ccc(-c3ccccc3-c3nnn[nH]3)cc2)c(=NC(=O)c2ccccc2[N+](=O)[O-])s1. The van der Waals surface area contributed by atoms with Crippen LogP contribution in [0.2, 0.25) is 0 Å². The zero-order valence-corrected chi connectivity index (χ0v) is 20.4. The van der Waals surface area contributed by atoms with E-state index >= 15 is 0 Å². The van der Waals surface area contributed by atoms with E-state index in [9.17, 15) is 14.9 Å². The molecule has 0 unspecified atom stereocenters. The van der Waals surface area contributed by atoms with Crippen LogP contribution in [0.1, 0.15) is 27.9 Å². The topological polar surface area (TPSA) is 145 Å². The summed E-state index contributed by atoms with van der Waals surface area (Å²) in [6.45, 7) is 2.35. The number of aromatic nitrogens is 6. The Hall–Kier alpha value is -4.84. The fourth-order valence-electron chi connectivity index (χ4n) is 3.82. The van der Waals surface area contributed by atoms with E-state index in [0.29, 0.717) is 23.6 Å². The number of nitrogens with zero attached hydrogens (tertiary/aromatic N) is 7. The number of amides is 1. The first-order chi connectivity index (χ1) is 18.0. The van der Waals surface area contributed by atoms with E-state index < -0.39 is 10.8 Å². The Bertz CT molecular complexity index is 1640. The zero-order valence-electron chi connectivity index (χ0n) is 19.6. The first kappa shape index (κ1) is 23.9. The molecule has 0 saturated carbocycles. The van der Waals surface area contributed by atoms with Gasteiger partial charge in [0.2, 0.25) is 4.80 Å². The van der Waals surface area contributed by atoms with Crippen LogP contribution in [-0.2, 0) is 13.0 Å². The van der Waals surface area contributed by atoms with Gasteiger partial charge in [-0.15, -0.1) is 5.10 Å². The highest BCUT2D eigenvalue weighted by molar-refractivity contribution is 7.08. The number of carbonyl (C=O) groups excluding carboxylic acids is 1. The van der Waals surface area contributed by atoms with E-state index in [1.165, 1.54) is 29.5 Å². The van der Waals surface area contributed by atoms with Crippen molar-refractivity contribution >= 4 is 22.9 Å². The van der Waals surface area contributed by atoms with Crippen LogP contribution < -0.4 is 4.80 Å². The van der Waals surface area contributed by atoms with Crippen molar-refractivity contribution in [3.8, 4) is 22.5 Å². The van der Waals surface area contributed by atoms with E-state index in [2.05, 4.69) is 30.7 Å². The van der Waals surface area contributed by atoms with Crippen molar-refractivity contribution in [2.45, 2.75) is 19.9 Å². The first-order valence-corrected chi connectivity index (χ1v) is 12.2. The number of nitro groups is 1. The van der Waals surface area contributed by atoms with Gasteiger partial charge in [0.05, 0.1) is 11.5 Å². The second-order valence-electron chi connectivity index (χ2n) is 7.97. The number of para-hydroxylation sites is 1. The third kappa shape index (κ3) is 5.09. The second-order valence-corrected chi connectivity index (χ2v) is 9.01. The molecule has 184 valence electrons. The minimum absolute atomic E-state index is 0.0597. The molecule has 0 saturated heterocycles. The van der Waals surface area contributed by atoms with Crippen molar-refractivity contribution in [1.29, 1.82) is 0 Å². The molecule has 0 atom stereocenters. The van der Waals surface area contributed by atoms with Gasteiger partial charge in [-0.05, 0) is 39.6 Å². The van der Waals surface area contributed by atoms with Crippen molar-refractivity contribution in [3.63, 3.8) is 0 Å². The number of benzene rings is 3. The van der Waals surface area contributed by atoms with Crippen LogP contribution in [0, 0.1) is 10.1 Å². The van der Waals surface area contributed by atoms with E-state index in [0.717, 1.165) is 27.3 Å². The molecule has 5 aromatic rings. The number of H-pyrrole nitrogens is 1. The number of rotatable bonds is 7. The van der Waals surface area contributed by atoms with Crippen LogP contribution in [0.4, 0.5) is 5.69 Å². The Morgan fingerprint density at radius 1 is 1.05 bits per heavy atom. The highest BCUT2D eigenvalue weighted by atomic mass is 32.1. The summed E-state index contributed by atoms with van der Waals surface area (Å²) in [7, 11) is 0. The van der Waals surface area contributed by atoms with Crippen molar-refractivity contribution < 1.29 is 9.72 Å². The van der Waals surface area contributed by atoms with E-state index in [1.54, 1.807) is 10.7 Å². The van der Waals surface area contributed by atoms with Crippen LogP contribution >= 0.6 is 11.3 Å². The Labute approximate surface area is 214 Å². The summed E-state index contributed by atoms with van der Waals surface area (Å²) in [6.07, 6.45) is 0.673. The molecule has 37 heavy (non-hydrogen) atoms. The lowest BCUT2D eigenvalue weighted by atomic mass is 9.98. The van der Waals surface area contributed by atoms with Crippen molar-refractivity contribution in [2.24, 2.45) is 4.99 Å². The maximum Gasteiger partial charge on any atom is 0.286 e. The highest BCUT2D eigenvalue weighted by Gasteiger charge is 2.19. The smallest absolute Gasteiger partial charge is 0.266 e. The third-order valence-electron chi connectivity index (χ3n) is 5.62. The molecule has 11 nitrogen and oxygen atoms in total. The Balaban J connectivity index is 1.45. The van der Waals surface area contributed by atoms with Crippen molar-refractivity contribution in [2.75, 3.05) is 0 Å². The Morgan fingerprint density at radius 3 is 2.49 bits per heavy atom. The molecule has 3 aromatic carbocycles. The summed E-state index contributed by atoms with van der Waals surface area (Å²) in [5.74, 6) is -0.0967. The Kier molecular flexibility index (Phi) is 6.72. The lowest BCUT2D eigenvalue weighted by Gasteiger charge is -2.08. The normalized spacial score (nSPS) is 11.5. The van der Waals surface area contributed by atoms with Crippen LogP contribution in [0.15, 0.2) is 77.8 Å². The Morgan fingerprint density at radius 2 is 1.78 bits per heavy atom. The van der Waals surface area contributed by atoms with Gasteiger partial charge in [-0.3, -0.25) is 14.9 Å². The molecule has 1 N–H and O–H groups in total. The van der Waals surface area contributed by atoms with Crippen molar-refractivity contribution in [3.05, 3.63) is 104 Å². The molecule has 0 radical (unpaired) electrons. The number of nitrogens with one attached hydrogen (secondary N) is 1. The average Bonchev–Trinajstić information content (AvgIpc) is 3.60. The molecule has 0 bridgehead atoms. The molecular formula is C25H20N8O3S. The summed E-state index contributed by atoms with van der Waals surface area (Å²) in [6, 6.07) is 21.6. The summed E-state index contributed by atoms with van der Waals surface area (Å²) in [5.41, 5.74) is 3.47. The molecule has 2 heterocycles. The molecule has 5 rings (SSSR count). The second kappa shape index (κ2) is 10.4. The molecule has 1 amide bonds. The maximum absolute atomic E-state index is 12.9. The molecule has 0 spiro atoms. The lowest BCUT2D eigenvalue weighted by molar-refractivity contribution is -0.385. The van der Waals surface area contributed by atoms with Gasteiger partial charge < -0.3 is 0 Å². The predicted molar refractivity (Wildman–Crippen MR) is 137 cm³/mol. The number of aryl methyl sites for hydroxylation is 1. The summed E-state index contributed by atoms with van der Waals surface area (Å²) in [4.78, 5) is 28.2. The fraction of sp³-hybridized carbons (Fsp3) is 0.120. The molecule has 0 aliphatic rings. The number of hydrogen-bond acceptors (Lipinski definition) is 8. The predicted octanol–water partition coefficient (Wildman–Crippen LogP) is 4.05. The number of aromatic amines is 1. The monoisotopic (exact) mass is 512 g/mol. The van der Waals surface area contributed by atoms with Gasteiger partial charge in [0, 0.05) is 11.6 Å². The number of nitro benzene ring substituents is 1. The zero-order chi connectivity index (χ0) is 25.8. The van der Waals surface area contributed by atoms with Crippen molar-refractivity contribution in [1.82, 2.24) is 30.4 Å². The minimum Gasteiger partial charge on any atom is -0.266 e. The highest BCUT2D eigenvalue weighted by Crippen LogP contribution is 2.29. The maximum atomic E-state index is 12.9. The first-order valence-electron chi connectivity index (χ1n) is 11.3. The van der Waals surface area contributed by atoms with Crippen LogP contribution in [0.3, 0.4) is 0 Å². The van der Waals surface area contributed by atoms with Gasteiger partial charge in [-0.25, -0.2) is 9.78 Å². The molecule has 0 fully saturated rings. The molecule has 0 aliphatic carbocycles. The van der Waals surface area contributed by atoms with Crippen LogP contribution in [0.5, 0.6) is 0 Å². The summed E-state index contributed by atoms with van der Waals surface area (Å²) in [5, 5.41) is 30.9. The average molecular weight is 513 g/mol. The fourth-order valence-corrected chi connectivity index (χ4v) is 4.65. The number of carbonyl (C=O) groups is 1. The van der Waals surface area contributed by atoms with Crippen LogP contribution in [0.25, 0.3) is 22.5 Å². The van der Waals surface area contributed by atoms with Gasteiger partial charge in [0.15, 0.2) is 5.82 Å². The van der Waals surface area contributed by atoms with E-state index in [4.69, 9.17) is 0 Å². The van der Waals surface area contributed by atoms with E-state index in [-0.39, 0.29) is 11.3 Å². The largest absolute Gasteiger partial charge is 0.286 e. The molecule has 0 aliphatic heterocycles. The van der Waals surface area contributed by atoms with Gasteiger partial charge in [-0.2, -0.15) is 10.1 Å². The summed E-state index contributed by atoms with van der Waals surface area (Å²) >= 11 is 1.29.